The minimum absolute atomic E-state index is 0.0240. The fourth-order valence-corrected chi connectivity index (χ4v) is 3.89. The molecule has 0 atom stereocenters. The van der Waals surface area contributed by atoms with E-state index in [1.54, 1.807) is 16.8 Å². The zero-order valence-electron chi connectivity index (χ0n) is 16.4. The number of nitrogens with one attached hydrogen (secondary N) is 1. The van der Waals surface area contributed by atoms with Crippen molar-refractivity contribution in [2.45, 2.75) is 13.0 Å². The minimum atomic E-state index is -0.262. The summed E-state index contributed by atoms with van der Waals surface area (Å²) in [6.07, 6.45) is 6.79. The van der Waals surface area contributed by atoms with Crippen molar-refractivity contribution in [3.8, 4) is 5.69 Å². The van der Waals surface area contributed by atoms with E-state index in [0.717, 1.165) is 40.8 Å². The topological polar surface area (TPSA) is 50.2 Å². The molecule has 154 valence electrons. The van der Waals surface area contributed by atoms with E-state index >= 15 is 0 Å². The first-order chi connectivity index (χ1) is 14.6. The van der Waals surface area contributed by atoms with Crippen molar-refractivity contribution < 1.29 is 9.18 Å². The highest BCUT2D eigenvalue weighted by atomic mass is 79.9. The van der Waals surface area contributed by atoms with Gasteiger partial charge < -0.3 is 5.32 Å². The van der Waals surface area contributed by atoms with Crippen molar-refractivity contribution in [2.75, 3.05) is 19.6 Å². The van der Waals surface area contributed by atoms with E-state index in [1.165, 1.54) is 17.7 Å². The van der Waals surface area contributed by atoms with Crippen molar-refractivity contribution in [3.63, 3.8) is 0 Å². The summed E-state index contributed by atoms with van der Waals surface area (Å²) in [6.45, 7) is 2.45. The van der Waals surface area contributed by atoms with Crippen LogP contribution in [0.2, 0.25) is 0 Å². The number of nitrogens with zero attached hydrogens (tertiary/aromatic N) is 3. The molecule has 3 aromatic rings. The molecule has 0 saturated carbocycles. The predicted octanol–water partition coefficient (Wildman–Crippen LogP) is 4.18. The molecule has 30 heavy (non-hydrogen) atoms. The molecule has 0 aliphatic carbocycles. The van der Waals surface area contributed by atoms with Crippen LogP contribution < -0.4 is 5.32 Å². The monoisotopic (exact) mass is 468 g/mol. The molecular formula is C23H22BrFN4O. The number of carbonyl (C=O) groups is 1. The van der Waals surface area contributed by atoms with Crippen LogP contribution in [-0.4, -0.2) is 40.2 Å². The van der Waals surface area contributed by atoms with Crippen molar-refractivity contribution in [3.05, 3.63) is 88.4 Å². The lowest BCUT2D eigenvalue weighted by Crippen LogP contribution is -2.39. The highest BCUT2D eigenvalue weighted by Crippen LogP contribution is 2.23. The van der Waals surface area contributed by atoms with Gasteiger partial charge in [0.2, 0.25) is 5.91 Å². The molecule has 4 rings (SSSR count). The SMILES string of the molecule is O=C(CN1CC=C(c2cnn(-c3ccc(F)cc3)c2)CC1)NCc1cccc(Br)c1. The Kier molecular flexibility index (Phi) is 6.40. The quantitative estimate of drug-likeness (QED) is 0.590. The summed E-state index contributed by atoms with van der Waals surface area (Å²) in [4.78, 5) is 14.4. The van der Waals surface area contributed by atoms with Gasteiger partial charge in [-0.15, -0.1) is 0 Å². The summed E-state index contributed by atoms with van der Waals surface area (Å²) >= 11 is 3.44. The third kappa shape index (κ3) is 5.23. The van der Waals surface area contributed by atoms with Crippen molar-refractivity contribution in [1.82, 2.24) is 20.0 Å². The zero-order valence-corrected chi connectivity index (χ0v) is 18.0. The van der Waals surface area contributed by atoms with Crippen LogP contribution in [0.4, 0.5) is 4.39 Å². The maximum atomic E-state index is 13.1. The van der Waals surface area contributed by atoms with Gasteiger partial charge in [-0.3, -0.25) is 9.69 Å². The molecule has 1 N–H and O–H groups in total. The predicted molar refractivity (Wildman–Crippen MR) is 119 cm³/mol. The van der Waals surface area contributed by atoms with Gasteiger partial charge in [0.1, 0.15) is 5.82 Å². The Morgan fingerprint density at radius 3 is 2.77 bits per heavy atom. The van der Waals surface area contributed by atoms with E-state index in [2.05, 4.69) is 37.3 Å². The second-order valence-corrected chi connectivity index (χ2v) is 8.19. The molecule has 2 aromatic carbocycles. The largest absolute Gasteiger partial charge is 0.351 e. The third-order valence-electron chi connectivity index (χ3n) is 5.08. The van der Waals surface area contributed by atoms with Crippen LogP contribution >= 0.6 is 15.9 Å². The normalized spacial score (nSPS) is 14.4. The molecule has 0 spiro atoms. The molecule has 2 heterocycles. The summed E-state index contributed by atoms with van der Waals surface area (Å²) in [5.41, 5.74) is 4.16. The first-order valence-electron chi connectivity index (χ1n) is 9.80. The van der Waals surface area contributed by atoms with E-state index in [0.29, 0.717) is 13.1 Å². The number of hydrogen-bond donors (Lipinski definition) is 1. The minimum Gasteiger partial charge on any atom is -0.351 e. The molecule has 1 amide bonds. The molecule has 0 saturated heterocycles. The number of benzene rings is 2. The third-order valence-corrected chi connectivity index (χ3v) is 5.58. The van der Waals surface area contributed by atoms with Gasteiger partial charge in [-0.05, 0) is 54.0 Å². The summed E-state index contributed by atoms with van der Waals surface area (Å²) in [7, 11) is 0. The van der Waals surface area contributed by atoms with Gasteiger partial charge in [0.15, 0.2) is 0 Å². The number of amides is 1. The lowest BCUT2D eigenvalue weighted by Gasteiger charge is -2.25. The lowest BCUT2D eigenvalue weighted by atomic mass is 10.0. The van der Waals surface area contributed by atoms with Crippen LogP contribution in [0, 0.1) is 5.82 Å². The van der Waals surface area contributed by atoms with Gasteiger partial charge in [0.05, 0.1) is 18.4 Å². The van der Waals surface area contributed by atoms with Crippen molar-refractivity contribution in [2.24, 2.45) is 0 Å². The fraction of sp³-hybridized carbons (Fsp3) is 0.217. The zero-order chi connectivity index (χ0) is 20.9. The molecule has 7 heteroatoms. The second kappa shape index (κ2) is 9.36. The van der Waals surface area contributed by atoms with Gasteiger partial charge in [-0.25, -0.2) is 9.07 Å². The Bertz CT molecular complexity index is 1060. The number of carbonyl (C=O) groups excluding carboxylic acids is 1. The Balaban J connectivity index is 1.30. The van der Waals surface area contributed by atoms with Crippen LogP contribution in [0.1, 0.15) is 17.5 Å². The molecule has 1 aromatic heterocycles. The van der Waals surface area contributed by atoms with Gasteiger partial charge >= 0.3 is 0 Å². The molecule has 5 nitrogen and oxygen atoms in total. The Morgan fingerprint density at radius 2 is 2.03 bits per heavy atom. The van der Waals surface area contributed by atoms with Gasteiger partial charge in [-0.1, -0.05) is 34.1 Å². The molecular weight excluding hydrogens is 447 g/mol. The molecule has 0 unspecified atom stereocenters. The highest BCUT2D eigenvalue weighted by molar-refractivity contribution is 9.10. The second-order valence-electron chi connectivity index (χ2n) is 7.27. The summed E-state index contributed by atoms with van der Waals surface area (Å²) in [5.74, 6) is -0.238. The molecule has 0 bridgehead atoms. The van der Waals surface area contributed by atoms with Gasteiger partial charge in [0, 0.05) is 35.9 Å². The van der Waals surface area contributed by atoms with Crippen LogP contribution in [-0.2, 0) is 11.3 Å². The first-order valence-corrected chi connectivity index (χ1v) is 10.6. The fourth-order valence-electron chi connectivity index (χ4n) is 3.45. The van der Waals surface area contributed by atoms with Crippen LogP contribution in [0.15, 0.2) is 71.5 Å². The van der Waals surface area contributed by atoms with Crippen LogP contribution in [0.3, 0.4) is 0 Å². The molecule has 0 radical (unpaired) electrons. The van der Waals surface area contributed by atoms with Crippen LogP contribution in [0.25, 0.3) is 11.3 Å². The average molecular weight is 469 g/mol. The standard InChI is InChI=1S/C23H22BrFN4O/c24-20-3-1-2-17(12-20)13-26-23(30)16-28-10-8-18(9-11-28)19-14-27-29(15-19)22-6-4-21(25)5-7-22/h1-8,12,14-15H,9-11,13,16H2,(H,26,30). The lowest BCUT2D eigenvalue weighted by molar-refractivity contribution is -0.122. The Hall–Kier alpha value is -2.77. The van der Waals surface area contributed by atoms with E-state index < -0.39 is 0 Å². The summed E-state index contributed by atoms with van der Waals surface area (Å²) in [5, 5.41) is 7.37. The smallest absolute Gasteiger partial charge is 0.234 e. The van der Waals surface area contributed by atoms with Crippen LogP contribution in [0.5, 0.6) is 0 Å². The number of halogens is 2. The number of aromatic nitrogens is 2. The maximum Gasteiger partial charge on any atom is 0.234 e. The Morgan fingerprint density at radius 1 is 1.20 bits per heavy atom. The number of rotatable bonds is 6. The van der Waals surface area contributed by atoms with E-state index in [-0.39, 0.29) is 11.7 Å². The van der Waals surface area contributed by atoms with E-state index in [9.17, 15) is 9.18 Å². The molecule has 0 fully saturated rings. The number of hydrogen-bond acceptors (Lipinski definition) is 3. The summed E-state index contributed by atoms with van der Waals surface area (Å²) < 4.78 is 15.9. The van der Waals surface area contributed by atoms with E-state index in [1.807, 2.05) is 36.7 Å². The Labute approximate surface area is 183 Å². The summed E-state index contributed by atoms with van der Waals surface area (Å²) in [6, 6.07) is 14.2. The molecule has 1 aliphatic heterocycles. The van der Waals surface area contributed by atoms with E-state index in [4.69, 9.17) is 0 Å². The first kappa shape index (κ1) is 20.5. The van der Waals surface area contributed by atoms with Gasteiger partial charge in [-0.2, -0.15) is 5.10 Å². The maximum absolute atomic E-state index is 13.1. The molecule has 1 aliphatic rings. The van der Waals surface area contributed by atoms with Gasteiger partial charge in [0.25, 0.3) is 0 Å². The van der Waals surface area contributed by atoms with Crippen molar-refractivity contribution in [1.29, 1.82) is 0 Å². The average Bonchev–Trinajstić information content (AvgIpc) is 3.24. The van der Waals surface area contributed by atoms with Crippen molar-refractivity contribution >= 4 is 27.4 Å². The highest BCUT2D eigenvalue weighted by Gasteiger charge is 2.16.